The van der Waals surface area contributed by atoms with Gasteiger partial charge in [-0.15, -0.1) is 0 Å². The first-order valence-electron chi connectivity index (χ1n) is 10.6. The summed E-state index contributed by atoms with van der Waals surface area (Å²) in [5.41, 5.74) is 2.21. The van der Waals surface area contributed by atoms with E-state index in [1.165, 1.54) is 38.6 Å². The largest absolute Gasteiger partial charge is 0.459 e. The highest BCUT2D eigenvalue weighted by Crippen LogP contribution is 2.25. The van der Waals surface area contributed by atoms with E-state index in [4.69, 9.17) is 4.42 Å². The first-order valence-corrected chi connectivity index (χ1v) is 10.6. The van der Waals surface area contributed by atoms with Gasteiger partial charge in [0.05, 0.1) is 6.26 Å². The van der Waals surface area contributed by atoms with Crippen LogP contribution in [0.5, 0.6) is 0 Å². The molecule has 1 fully saturated rings. The molecule has 0 bridgehead atoms. The van der Waals surface area contributed by atoms with Crippen molar-refractivity contribution in [3.8, 4) is 0 Å². The van der Waals surface area contributed by atoms with Crippen molar-refractivity contribution in [3.05, 3.63) is 59.5 Å². The molecule has 1 unspecified atom stereocenters. The summed E-state index contributed by atoms with van der Waals surface area (Å²) in [4.78, 5) is 30.1. The molecule has 0 radical (unpaired) electrons. The summed E-state index contributed by atoms with van der Waals surface area (Å²) in [6, 6.07) is 10.8. The Kier molecular flexibility index (Phi) is 6.30. The lowest BCUT2D eigenvalue weighted by Crippen LogP contribution is -2.52. The Morgan fingerprint density at radius 2 is 1.83 bits per heavy atom. The van der Waals surface area contributed by atoms with Crippen molar-refractivity contribution in [3.63, 3.8) is 0 Å². The second kappa shape index (κ2) is 9.27. The van der Waals surface area contributed by atoms with Gasteiger partial charge in [-0.1, -0.05) is 30.7 Å². The van der Waals surface area contributed by atoms with Crippen LogP contribution in [0.25, 0.3) is 0 Å². The zero-order valence-electron chi connectivity index (χ0n) is 16.8. The first-order chi connectivity index (χ1) is 14.2. The molecule has 4 rings (SSSR count). The molecule has 1 aromatic heterocycles. The van der Waals surface area contributed by atoms with Gasteiger partial charge < -0.3 is 19.5 Å². The van der Waals surface area contributed by atoms with E-state index in [0.29, 0.717) is 19.5 Å². The zero-order valence-corrected chi connectivity index (χ0v) is 16.8. The Morgan fingerprint density at radius 3 is 2.59 bits per heavy atom. The molecule has 2 amide bonds. The van der Waals surface area contributed by atoms with Crippen LogP contribution >= 0.6 is 0 Å². The summed E-state index contributed by atoms with van der Waals surface area (Å²) < 4.78 is 5.30. The lowest BCUT2D eigenvalue weighted by atomic mass is 9.93. The number of amides is 2. The molecule has 1 atom stereocenters. The molecule has 154 valence electrons. The number of piperidine rings is 1. The van der Waals surface area contributed by atoms with Crippen LogP contribution in [0.4, 0.5) is 0 Å². The molecule has 1 N–H and O–H groups in total. The molecule has 29 heavy (non-hydrogen) atoms. The molecule has 6 heteroatoms. The molecule has 2 aromatic rings. The average molecular weight is 396 g/mol. The van der Waals surface area contributed by atoms with Gasteiger partial charge in [0.15, 0.2) is 5.76 Å². The Morgan fingerprint density at radius 1 is 1.03 bits per heavy atom. The van der Waals surface area contributed by atoms with Gasteiger partial charge in [0.1, 0.15) is 6.04 Å². The lowest BCUT2D eigenvalue weighted by molar-refractivity contribution is -0.126. The van der Waals surface area contributed by atoms with Gasteiger partial charge in [-0.05, 0) is 62.2 Å². The van der Waals surface area contributed by atoms with Gasteiger partial charge in [-0.3, -0.25) is 9.59 Å². The summed E-state index contributed by atoms with van der Waals surface area (Å²) >= 11 is 0. The molecule has 2 aliphatic heterocycles. The van der Waals surface area contributed by atoms with Crippen molar-refractivity contribution in [2.24, 2.45) is 0 Å². The van der Waals surface area contributed by atoms with Gasteiger partial charge in [0.25, 0.3) is 5.91 Å². The standard InChI is InChI=1S/C23H29N3O3/c27-22(24-11-7-14-25-12-4-1-5-13-25)20-16-18-8-2-3-9-19(18)17-26(20)23(28)21-10-6-15-29-21/h2-3,6,8-10,15,20H,1,4-5,7,11-14,16-17H2,(H,24,27). The number of fused-ring (bicyclic) bond motifs is 1. The van der Waals surface area contributed by atoms with Crippen LogP contribution in [0, 0.1) is 0 Å². The van der Waals surface area contributed by atoms with E-state index >= 15 is 0 Å². The van der Waals surface area contributed by atoms with Crippen LogP contribution in [0.2, 0.25) is 0 Å². The van der Waals surface area contributed by atoms with E-state index in [-0.39, 0.29) is 17.6 Å². The minimum atomic E-state index is -0.516. The number of likely N-dealkylation sites (tertiary alicyclic amines) is 1. The number of benzene rings is 1. The highest BCUT2D eigenvalue weighted by Gasteiger charge is 2.35. The van der Waals surface area contributed by atoms with Crippen LogP contribution in [0.1, 0.15) is 47.4 Å². The van der Waals surface area contributed by atoms with Crippen LogP contribution in [0.3, 0.4) is 0 Å². The predicted molar refractivity (Wildman–Crippen MR) is 110 cm³/mol. The molecule has 0 saturated carbocycles. The average Bonchev–Trinajstić information content (AvgIpc) is 3.31. The third kappa shape index (κ3) is 4.70. The van der Waals surface area contributed by atoms with E-state index in [9.17, 15) is 9.59 Å². The first kappa shape index (κ1) is 19.7. The van der Waals surface area contributed by atoms with E-state index in [1.807, 2.05) is 24.3 Å². The Bertz CT molecular complexity index is 828. The third-order valence-corrected chi connectivity index (χ3v) is 5.94. The van der Waals surface area contributed by atoms with E-state index < -0.39 is 6.04 Å². The summed E-state index contributed by atoms with van der Waals surface area (Å²) in [7, 11) is 0. The number of nitrogens with one attached hydrogen (secondary N) is 1. The van der Waals surface area contributed by atoms with Gasteiger partial charge in [-0.2, -0.15) is 0 Å². The summed E-state index contributed by atoms with van der Waals surface area (Å²) in [6.07, 6.45) is 6.83. The zero-order chi connectivity index (χ0) is 20.1. The highest BCUT2D eigenvalue weighted by molar-refractivity contribution is 5.96. The minimum absolute atomic E-state index is 0.0851. The molecule has 1 aromatic carbocycles. The van der Waals surface area contributed by atoms with Crippen molar-refractivity contribution in [2.45, 2.75) is 44.7 Å². The summed E-state index contributed by atoms with van der Waals surface area (Å²) in [5.74, 6) is -0.0525. The Hall–Kier alpha value is -2.60. The van der Waals surface area contributed by atoms with Crippen molar-refractivity contribution in [1.29, 1.82) is 0 Å². The van der Waals surface area contributed by atoms with Gasteiger partial charge in [0, 0.05) is 19.5 Å². The number of carbonyl (C=O) groups is 2. The molecule has 0 spiro atoms. The van der Waals surface area contributed by atoms with Crippen LogP contribution in [-0.4, -0.2) is 53.8 Å². The van der Waals surface area contributed by atoms with Crippen LogP contribution < -0.4 is 5.32 Å². The molecular weight excluding hydrogens is 366 g/mol. The Labute approximate surface area is 171 Å². The van der Waals surface area contributed by atoms with Crippen LogP contribution in [0.15, 0.2) is 47.1 Å². The van der Waals surface area contributed by atoms with Gasteiger partial charge in [-0.25, -0.2) is 0 Å². The maximum absolute atomic E-state index is 13.0. The number of nitrogens with zero attached hydrogens (tertiary/aromatic N) is 2. The summed E-state index contributed by atoms with van der Waals surface area (Å²) in [6.45, 7) is 4.40. The van der Waals surface area contributed by atoms with Crippen molar-refractivity contribution < 1.29 is 14.0 Å². The lowest BCUT2D eigenvalue weighted by Gasteiger charge is -2.35. The predicted octanol–water partition coefficient (Wildman–Crippen LogP) is 2.84. The molecule has 6 nitrogen and oxygen atoms in total. The second-order valence-corrected chi connectivity index (χ2v) is 7.95. The summed E-state index contributed by atoms with van der Waals surface area (Å²) in [5, 5.41) is 3.06. The normalized spacial score (nSPS) is 19.6. The maximum Gasteiger partial charge on any atom is 0.290 e. The maximum atomic E-state index is 13.0. The fourth-order valence-corrected chi connectivity index (χ4v) is 4.33. The molecule has 1 saturated heterocycles. The Balaban J connectivity index is 1.39. The SMILES string of the molecule is O=C(NCCCN1CCCCC1)C1Cc2ccccc2CN1C(=O)c1ccco1. The van der Waals surface area contributed by atoms with Gasteiger partial charge >= 0.3 is 0 Å². The van der Waals surface area contributed by atoms with Crippen molar-refractivity contribution in [1.82, 2.24) is 15.1 Å². The van der Waals surface area contributed by atoms with E-state index in [2.05, 4.69) is 10.2 Å². The number of hydrogen-bond donors (Lipinski definition) is 1. The number of rotatable bonds is 6. The molecular formula is C23H29N3O3. The van der Waals surface area contributed by atoms with E-state index in [1.54, 1.807) is 17.0 Å². The van der Waals surface area contributed by atoms with E-state index in [0.717, 1.165) is 24.1 Å². The number of carbonyl (C=O) groups excluding carboxylic acids is 2. The molecule has 0 aliphatic carbocycles. The smallest absolute Gasteiger partial charge is 0.290 e. The second-order valence-electron chi connectivity index (χ2n) is 7.95. The van der Waals surface area contributed by atoms with Crippen molar-refractivity contribution >= 4 is 11.8 Å². The van der Waals surface area contributed by atoms with Crippen LogP contribution in [-0.2, 0) is 17.8 Å². The molecule has 3 heterocycles. The van der Waals surface area contributed by atoms with Crippen molar-refractivity contribution in [2.75, 3.05) is 26.2 Å². The fraction of sp³-hybridized carbons (Fsp3) is 0.478. The number of hydrogen-bond acceptors (Lipinski definition) is 4. The van der Waals surface area contributed by atoms with Gasteiger partial charge in [0.2, 0.25) is 5.91 Å². The topological polar surface area (TPSA) is 65.8 Å². The monoisotopic (exact) mass is 395 g/mol. The fourth-order valence-electron chi connectivity index (χ4n) is 4.33. The quantitative estimate of drug-likeness (QED) is 0.764. The number of furan rings is 1. The highest BCUT2D eigenvalue weighted by atomic mass is 16.3. The molecule has 2 aliphatic rings. The third-order valence-electron chi connectivity index (χ3n) is 5.94. The minimum Gasteiger partial charge on any atom is -0.459 e.